The predicted octanol–water partition coefficient (Wildman–Crippen LogP) is 0.0666. The van der Waals surface area contributed by atoms with Crippen molar-refractivity contribution in [3.05, 3.63) is 0 Å². The van der Waals surface area contributed by atoms with Crippen LogP contribution in [-0.2, 0) is 9.84 Å². The zero-order valence-electron chi connectivity index (χ0n) is 8.85. The van der Waals surface area contributed by atoms with Gasteiger partial charge in [0.1, 0.15) is 0 Å². The first-order chi connectivity index (χ1) is 7.05. The third-order valence-electron chi connectivity index (χ3n) is 3.35. The van der Waals surface area contributed by atoms with Crippen molar-refractivity contribution < 1.29 is 13.5 Å². The minimum absolute atomic E-state index is 0.116. The number of sulfone groups is 1. The van der Waals surface area contributed by atoms with Gasteiger partial charge in [-0.25, -0.2) is 8.42 Å². The first-order valence-electron chi connectivity index (χ1n) is 5.70. The molecular formula is C10H19NO3S. The molecule has 3 atom stereocenters. The van der Waals surface area contributed by atoms with E-state index in [0.29, 0.717) is 11.8 Å². The molecule has 3 unspecified atom stereocenters. The van der Waals surface area contributed by atoms with Crippen LogP contribution in [0.15, 0.2) is 0 Å². The maximum absolute atomic E-state index is 11.3. The van der Waals surface area contributed by atoms with Crippen molar-refractivity contribution in [2.75, 3.05) is 11.5 Å². The highest BCUT2D eigenvalue weighted by Crippen LogP contribution is 2.20. The summed E-state index contributed by atoms with van der Waals surface area (Å²) in [6.07, 6.45) is 4.30. The second-order valence-electron chi connectivity index (χ2n) is 4.78. The second-order valence-corrected chi connectivity index (χ2v) is 7.01. The lowest BCUT2D eigenvalue weighted by Crippen LogP contribution is -2.42. The molecule has 88 valence electrons. The maximum Gasteiger partial charge on any atom is 0.151 e. The zero-order valence-corrected chi connectivity index (χ0v) is 9.67. The average molecular weight is 233 g/mol. The first-order valence-corrected chi connectivity index (χ1v) is 7.52. The van der Waals surface area contributed by atoms with Crippen LogP contribution in [0, 0.1) is 0 Å². The van der Waals surface area contributed by atoms with E-state index < -0.39 is 9.84 Å². The van der Waals surface area contributed by atoms with Crippen molar-refractivity contribution in [2.24, 2.45) is 0 Å². The molecule has 1 heterocycles. The Hall–Kier alpha value is -0.130. The molecule has 0 amide bonds. The summed E-state index contributed by atoms with van der Waals surface area (Å²) >= 11 is 0. The molecule has 15 heavy (non-hydrogen) atoms. The Bertz CT molecular complexity index is 315. The van der Waals surface area contributed by atoms with Gasteiger partial charge in [0.25, 0.3) is 0 Å². The Balaban J connectivity index is 1.82. The molecule has 0 aromatic heterocycles. The van der Waals surface area contributed by atoms with Crippen molar-refractivity contribution in [1.82, 2.24) is 5.32 Å². The van der Waals surface area contributed by atoms with E-state index in [1.165, 1.54) is 0 Å². The molecule has 0 radical (unpaired) electrons. The SMILES string of the molecule is O=S1(=O)CCC(NC2CCCC(O)C2)C1. The van der Waals surface area contributed by atoms with Gasteiger partial charge in [-0.2, -0.15) is 0 Å². The maximum atomic E-state index is 11.3. The zero-order chi connectivity index (χ0) is 10.9. The fourth-order valence-corrected chi connectivity index (χ4v) is 4.26. The third kappa shape index (κ3) is 3.16. The van der Waals surface area contributed by atoms with Gasteiger partial charge in [-0.15, -0.1) is 0 Å². The summed E-state index contributed by atoms with van der Waals surface area (Å²) in [5.41, 5.74) is 0. The van der Waals surface area contributed by atoms with Crippen LogP contribution in [0.25, 0.3) is 0 Å². The Kier molecular flexibility index (Phi) is 3.33. The third-order valence-corrected chi connectivity index (χ3v) is 5.12. The highest BCUT2D eigenvalue weighted by atomic mass is 32.2. The van der Waals surface area contributed by atoms with E-state index in [1.54, 1.807) is 0 Å². The number of aliphatic hydroxyl groups excluding tert-OH is 1. The van der Waals surface area contributed by atoms with Gasteiger partial charge in [0.05, 0.1) is 17.6 Å². The van der Waals surface area contributed by atoms with Crippen molar-refractivity contribution in [1.29, 1.82) is 0 Å². The van der Waals surface area contributed by atoms with Crippen LogP contribution in [0.1, 0.15) is 32.1 Å². The molecule has 1 aliphatic heterocycles. The van der Waals surface area contributed by atoms with Gasteiger partial charge in [-0.3, -0.25) is 0 Å². The van der Waals surface area contributed by atoms with Crippen molar-refractivity contribution >= 4 is 9.84 Å². The van der Waals surface area contributed by atoms with E-state index in [0.717, 1.165) is 32.1 Å². The van der Waals surface area contributed by atoms with E-state index in [-0.39, 0.29) is 17.9 Å². The summed E-state index contributed by atoms with van der Waals surface area (Å²) in [5, 5.41) is 12.9. The van der Waals surface area contributed by atoms with Gasteiger partial charge in [0.2, 0.25) is 0 Å². The quantitative estimate of drug-likeness (QED) is 0.708. The number of rotatable bonds is 2. The molecule has 2 N–H and O–H groups in total. The molecule has 0 aromatic rings. The van der Waals surface area contributed by atoms with Gasteiger partial charge in [-0.1, -0.05) is 0 Å². The molecule has 2 fully saturated rings. The molecule has 1 saturated heterocycles. The Labute approximate surface area is 91.0 Å². The van der Waals surface area contributed by atoms with Crippen LogP contribution >= 0.6 is 0 Å². The van der Waals surface area contributed by atoms with E-state index in [4.69, 9.17) is 0 Å². The topological polar surface area (TPSA) is 66.4 Å². The van der Waals surface area contributed by atoms with Crippen LogP contribution in [-0.4, -0.2) is 43.2 Å². The summed E-state index contributed by atoms with van der Waals surface area (Å²) < 4.78 is 22.5. The van der Waals surface area contributed by atoms with Crippen molar-refractivity contribution in [3.63, 3.8) is 0 Å². The molecule has 0 bridgehead atoms. The van der Waals surface area contributed by atoms with Crippen LogP contribution in [0.4, 0.5) is 0 Å². The van der Waals surface area contributed by atoms with Gasteiger partial charge in [0, 0.05) is 12.1 Å². The average Bonchev–Trinajstić information content (AvgIpc) is 2.45. The Morgan fingerprint density at radius 3 is 2.53 bits per heavy atom. The lowest BCUT2D eigenvalue weighted by molar-refractivity contribution is 0.109. The highest BCUT2D eigenvalue weighted by molar-refractivity contribution is 7.91. The summed E-state index contributed by atoms with van der Waals surface area (Å²) in [6.45, 7) is 0. The van der Waals surface area contributed by atoms with E-state index in [1.807, 2.05) is 0 Å². The normalized spacial score (nSPS) is 40.5. The Morgan fingerprint density at radius 1 is 1.13 bits per heavy atom. The predicted molar refractivity (Wildman–Crippen MR) is 58.5 cm³/mol. The fraction of sp³-hybridized carbons (Fsp3) is 1.00. The monoisotopic (exact) mass is 233 g/mol. The fourth-order valence-electron chi connectivity index (χ4n) is 2.58. The van der Waals surface area contributed by atoms with Crippen LogP contribution in [0.3, 0.4) is 0 Å². The largest absolute Gasteiger partial charge is 0.393 e. The summed E-state index contributed by atoms with van der Waals surface area (Å²) in [6, 6.07) is 0.428. The summed E-state index contributed by atoms with van der Waals surface area (Å²) in [7, 11) is -2.78. The summed E-state index contributed by atoms with van der Waals surface area (Å²) in [5.74, 6) is 0.597. The highest BCUT2D eigenvalue weighted by Gasteiger charge is 2.30. The minimum atomic E-state index is -2.78. The van der Waals surface area contributed by atoms with E-state index in [9.17, 15) is 13.5 Å². The molecule has 4 nitrogen and oxygen atoms in total. The standard InChI is InChI=1S/C10H19NO3S/c12-10-3-1-2-8(6-10)11-9-4-5-15(13,14)7-9/h8-12H,1-7H2. The lowest BCUT2D eigenvalue weighted by Gasteiger charge is -2.28. The number of hydrogen-bond acceptors (Lipinski definition) is 4. The molecular weight excluding hydrogens is 214 g/mol. The van der Waals surface area contributed by atoms with E-state index in [2.05, 4.69) is 5.32 Å². The molecule has 1 saturated carbocycles. The van der Waals surface area contributed by atoms with Crippen molar-refractivity contribution in [2.45, 2.75) is 50.3 Å². The number of hydrogen-bond donors (Lipinski definition) is 2. The number of nitrogens with one attached hydrogen (secondary N) is 1. The Morgan fingerprint density at radius 2 is 1.93 bits per heavy atom. The molecule has 5 heteroatoms. The van der Waals surface area contributed by atoms with Gasteiger partial charge < -0.3 is 10.4 Å². The summed E-state index contributed by atoms with van der Waals surface area (Å²) in [4.78, 5) is 0. The smallest absolute Gasteiger partial charge is 0.151 e. The second kappa shape index (κ2) is 4.39. The molecule has 2 aliphatic rings. The first kappa shape index (κ1) is 11.4. The van der Waals surface area contributed by atoms with Crippen LogP contribution in [0.5, 0.6) is 0 Å². The molecule has 1 aliphatic carbocycles. The van der Waals surface area contributed by atoms with E-state index >= 15 is 0 Å². The van der Waals surface area contributed by atoms with Crippen LogP contribution < -0.4 is 5.32 Å². The van der Waals surface area contributed by atoms with Gasteiger partial charge in [-0.05, 0) is 32.1 Å². The van der Waals surface area contributed by atoms with Crippen LogP contribution in [0.2, 0.25) is 0 Å². The molecule has 0 aromatic carbocycles. The van der Waals surface area contributed by atoms with Gasteiger partial charge in [0.15, 0.2) is 9.84 Å². The van der Waals surface area contributed by atoms with Crippen molar-refractivity contribution in [3.8, 4) is 0 Å². The van der Waals surface area contributed by atoms with Gasteiger partial charge >= 0.3 is 0 Å². The number of aliphatic hydroxyl groups is 1. The lowest BCUT2D eigenvalue weighted by atomic mass is 9.92. The molecule has 2 rings (SSSR count). The minimum Gasteiger partial charge on any atom is -0.393 e. The molecule has 0 spiro atoms.